The molecule has 0 radical (unpaired) electrons. The summed E-state index contributed by atoms with van der Waals surface area (Å²) < 4.78 is 37.9. The van der Waals surface area contributed by atoms with E-state index in [4.69, 9.17) is 0 Å². The quantitative estimate of drug-likeness (QED) is 0.240. The first kappa shape index (κ1) is 32.6. The zero-order valence-corrected chi connectivity index (χ0v) is 24.0. The van der Waals surface area contributed by atoms with Crippen LogP contribution < -0.4 is 22.5 Å². The van der Waals surface area contributed by atoms with Gasteiger partial charge in [0.15, 0.2) is 17.3 Å². The van der Waals surface area contributed by atoms with Crippen molar-refractivity contribution in [1.29, 1.82) is 0 Å². The van der Waals surface area contributed by atoms with Crippen LogP contribution in [0, 0.1) is 0 Å². The zero-order chi connectivity index (χ0) is 31.2. The number of fused-ring (bicyclic) bond motifs is 2. The van der Waals surface area contributed by atoms with Gasteiger partial charge in [-0.3, -0.25) is 32.9 Å². The van der Waals surface area contributed by atoms with Crippen molar-refractivity contribution in [3.8, 4) is 0 Å². The molecule has 0 saturated heterocycles. The average Bonchev–Trinajstić information content (AvgIpc) is 3.58. The van der Waals surface area contributed by atoms with Gasteiger partial charge in [0.05, 0.1) is 32.4 Å². The molecule has 2 atom stereocenters. The fourth-order valence-electron chi connectivity index (χ4n) is 3.43. The van der Waals surface area contributed by atoms with Crippen LogP contribution in [0.15, 0.2) is 30.5 Å². The summed E-state index contributed by atoms with van der Waals surface area (Å²) in [7, 11) is 1.91. The van der Waals surface area contributed by atoms with Crippen LogP contribution in [0.5, 0.6) is 0 Å². The van der Waals surface area contributed by atoms with Gasteiger partial charge < -0.3 is 14.0 Å². The van der Waals surface area contributed by atoms with E-state index in [0.29, 0.717) is 17.8 Å². The number of hydrogen-bond acceptors (Lipinski definition) is 13. The van der Waals surface area contributed by atoms with Crippen molar-refractivity contribution in [2.75, 3.05) is 20.5 Å². The number of aryl methyl sites for hydroxylation is 1. The fourth-order valence-corrected chi connectivity index (χ4v) is 4.03. The topological polar surface area (TPSA) is 236 Å². The number of methoxy groups -OCH3 is 2. The molecule has 4 rings (SSSR count). The molecule has 1 aliphatic heterocycles. The average molecular weight is 600 g/mol. The minimum absolute atomic E-state index is 0.162. The second-order valence-electron chi connectivity index (χ2n) is 8.44. The summed E-state index contributed by atoms with van der Waals surface area (Å²) in [4.78, 5) is 79.7. The highest BCUT2D eigenvalue weighted by atomic mass is 32.2. The normalized spacial score (nSPS) is 13.2. The van der Waals surface area contributed by atoms with Crippen LogP contribution >= 0.6 is 0 Å². The lowest BCUT2D eigenvalue weighted by Crippen LogP contribution is -2.30. The van der Waals surface area contributed by atoms with Gasteiger partial charge in [-0.2, -0.15) is 8.42 Å². The summed E-state index contributed by atoms with van der Waals surface area (Å²) in [5, 5.41) is 0. The van der Waals surface area contributed by atoms with Gasteiger partial charge in [0.1, 0.15) is 11.9 Å². The van der Waals surface area contributed by atoms with E-state index in [1.807, 2.05) is 0 Å². The number of aliphatic imine (C=N–C) groups is 1. The number of carbonyl (C=O) groups excluding carboxylic acids is 2. The predicted octanol–water partition coefficient (Wildman–Crippen LogP) is -1.99. The van der Waals surface area contributed by atoms with E-state index in [1.165, 1.54) is 41.1 Å². The Morgan fingerprint density at radius 1 is 0.951 bits per heavy atom. The van der Waals surface area contributed by atoms with Crippen LogP contribution in [0.4, 0.5) is 5.82 Å². The van der Waals surface area contributed by atoms with Crippen LogP contribution in [0.3, 0.4) is 0 Å². The smallest absolute Gasteiger partial charge is 0.336 e. The summed E-state index contributed by atoms with van der Waals surface area (Å²) in [6.45, 7) is 2.88. The molecule has 3 aromatic heterocycles. The molecule has 0 saturated carbocycles. The van der Waals surface area contributed by atoms with Crippen molar-refractivity contribution in [3.05, 3.63) is 53.6 Å². The lowest BCUT2D eigenvalue weighted by molar-refractivity contribution is -0.147. The first-order valence-corrected chi connectivity index (χ1v) is 13.4. The van der Waals surface area contributed by atoms with Crippen molar-refractivity contribution in [2.24, 2.45) is 19.1 Å². The number of aromatic amines is 2. The molecule has 41 heavy (non-hydrogen) atoms. The molecule has 0 bridgehead atoms. The minimum atomic E-state index is -3.58. The number of nitrogens with one attached hydrogen (secondary N) is 2. The van der Waals surface area contributed by atoms with Crippen molar-refractivity contribution >= 4 is 45.3 Å². The molecule has 0 spiro atoms. The molecule has 19 heteroatoms. The van der Waals surface area contributed by atoms with E-state index >= 15 is 0 Å². The Kier molecular flexibility index (Phi) is 10.4. The van der Waals surface area contributed by atoms with E-state index in [-0.39, 0.29) is 16.7 Å². The second kappa shape index (κ2) is 13.1. The molecule has 3 aromatic rings. The van der Waals surface area contributed by atoms with Crippen molar-refractivity contribution < 1.29 is 31.7 Å². The Morgan fingerprint density at radius 2 is 1.51 bits per heavy atom. The second-order valence-corrected chi connectivity index (χ2v) is 10.0. The number of nitrogens with zero attached hydrogens (tertiary/aromatic N) is 5. The minimum Gasteiger partial charge on any atom is -0.467 e. The SMILES string of the molecule is COC(=O)[C@@H](C)OS(C)(=O)=O.COC(=O)[C@H](C)n1cnc2c1c(=O)[nH]c(=O)n2C.Cn1c2c(c(=O)[nH]c1=O)CC=N2. The van der Waals surface area contributed by atoms with E-state index in [1.54, 1.807) is 20.2 Å². The summed E-state index contributed by atoms with van der Waals surface area (Å²) >= 11 is 0. The van der Waals surface area contributed by atoms with E-state index < -0.39 is 51.1 Å². The van der Waals surface area contributed by atoms with E-state index in [9.17, 15) is 37.2 Å². The molecule has 0 aromatic carbocycles. The summed E-state index contributed by atoms with van der Waals surface area (Å²) in [5.74, 6) is -0.735. The van der Waals surface area contributed by atoms with Gasteiger partial charge in [-0.25, -0.2) is 29.2 Å². The number of rotatable bonds is 5. The summed E-state index contributed by atoms with van der Waals surface area (Å²) in [6.07, 6.45) is 3.26. The van der Waals surface area contributed by atoms with Gasteiger partial charge in [-0.15, -0.1) is 0 Å². The Morgan fingerprint density at radius 3 is 2.07 bits per heavy atom. The Hall–Kier alpha value is -4.65. The Bertz CT molecular complexity index is 1830. The van der Waals surface area contributed by atoms with Crippen LogP contribution in [-0.2, 0) is 53.9 Å². The van der Waals surface area contributed by atoms with Gasteiger partial charge in [0, 0.05) is 26.7 Å². The molecule has 2 N–H and O–H groups in total. The van der Waals surface area contributed by atoms with Crippen LogP contribution in [0.1, 0.15) is 25.5 Å². The van der Waals surface area contributed by atoms with Crippen molar-refractivity contribution in [2.45, 2.75) is 32.4 Å². The Balaban J connectivity index is 0.000000225. The third kappa shape index (κ3) is 7.72. The maximum absolute atomic E-state index is 11.8. The monoisotopic (exact) mass is 599 g/mol. The largest absolute Gasteiger partial charge is 0.467 e. The van der Waals surface area contributed by atoms with E-state index in [2.05, 4.69) is 33.6 Å². The first-order chi connectivity index (χ1) is 19.0. The molecular weight excluding hydrogens is 570 g/mol. The molecule has 224 valence electrons. The molecule has 18 nitrogen and oxygen atoms in total. The van der Waals surface area contributed by atoms with Crippen molar-refractivity contribution in [3.63, 3.8) is 0 Å². The number of carbonyl (C=O) groups is 2. The number of imidazole rings is 1. The standard InChI is InChI=1S/C10H12N4O4.C7H7N3O2.C5H10O5S/c1-5(9(16)18-3)14-4-11-7-6(14)8(15)12-10(17)13(7)2;1-10-5-4(2-3-8-5)6(11)9-7(10)12;1-4(5(6)9-2)10-11(3,7)8/h4-5H,1-3H3,(H,12,15,17);3H,2H2,1H3,(H,9,11,12);4H,1-3H3/t5-;;4-/m0.1/s1. The van der Waals surface area contributed by atoms with E-state index in [0.717, 1.165) is 13.4 Å². The highest BCUT2D eigenvalue weighted by Crippen LogP contribution is 2.16. The Labute approximate surface area is 231 Å². The van der Waals surface area contributed by atoms with Gasteiger partial charge in [0.25, 0.3) is 21.2 Å². The van der Waals surface area contributed by atoms with Crippen molar-refractivity contribution in [1.82, 2.24) is 28.7 Å². The molecule has 4 heterocycles. The molecule has 1 aliphatic rings. The fraction of sp³-hybridized carbons (Fsp3) is 0.455. The number of esters is 2. The third-order valence-electron chi connectivity index (χ3n) is 5.54. The lowest BCUT2D eigenvalue weighted by atomic mass is 10.2. The summed E-state index contributed by atoms with van der Waals surface area (Å²) in [5.41, 5.74) is -0.931. The summed E-state index contributed by atoms with van der Waals surface area (Å²) in [6, 6.07) is -0.696. The predicted molar refractivity (Wildman–Crippen MR) is 144 cm³/mol. The van der Waals surface area contributed by atoms with Crippen LogP contribution in [-0.4, -0.2) is 81.8 Å². The molecule has 0 amide bonds. The number of ether oxygens (including phenoxy) is 2. The number of H-pyrrole nitrogens is 2. The van der Waals surface area contributed by atoms with Crippen LogP contribution in [0.2, 0.25) is 0 Å². The molecule has 0 aliphatic carbocycles. The number of hydrogen-bond donors (Lipinski definition) is 2. The van der Waals surface area contributed by atoms with Gasteiger partial charge in [0.2, 0.25) is 0 Å². The molecule has 0 fully saturated rings. The van der Waals surface area contributed by atoms with Crippen LogP contribution in [0.25, 0.3) is 11.2 Å². The first-order valence-electron chi connectivity index (χ1n) is 11.6. The molecule has 0 unspecified atom stereocenters. The van der Waals surface area contributed by atoms with Gasteiger partial charge in [-0.05, 0) is 13.8 Å². The number of aromatic nitrogens is 6. The molecular formula is C22H29N7O11S. The maximum atomic E-state index is 11.8. The third-order valence-corrected chi connectivity index (χ3v) is 6.18. The lowest BCUT2D eigenvalue weighted by Gasteiger charge is -2.11. The van der Waals surface area contributed by atoms with Gasteiger partial charge in [-0.1, -0.05) is 0 Å². The highest BCUT2D eigenvalue weighted by molar-refractivity contribution is 7.86. The maximum Gasteiger partial charge on any atom is 0.336 e. The zero-order valence-electron chi connectivity index (χ0n) is 23.2. The van der Waals surface area contributed by atoms with Gasteiger partial charge >= 0.3 is 23.3 Å². The highest BCUT2D eigenvalue weighted by Gasteiger charge is 2.21.